The second-order valence-corrected chi connectivity index (χ2v) is 10.7. The SMILES string of the molecule is Cc1cc2c3c(c1)c(C1=C(c4cnc5ccccn45)C(=O)CC1=O)cn3CCN(C(=O)N1CCCCC1)C2. The van der Waals surface area contributed by atoms with E-state index in [1.807, 2.05) is 51.7 Å². The summed E-state index contributed by atoms with van der Waals surface area (Å²) < 4.78 is 4.03. The van der Waals surface area contributed by atoms with Gasteiger partial charge in [0.25, 0.3) is 0 Å². The number of Topliss-reactive ketones (excluding diaryl/α,β-unsaturated/α-hetero) is 2. The van der Waals surface area contributed by atoms with E-state index < -0.39 is 0 Å². The molecule has 2 amide bonds. The Morgan fingerprint density at radius 1 is 0.921 bits per heavy atom. The van der Waals surface area contributed by atoms with Gasteiger partial charge < -0.3 is 14.4 Å². The van der Waals surface area contributed by atoms with Crippen LogP contribution in [0.2, 0.25) is 0 Å². The summed E-state index contributed by atoms with van der Waals surface area (Å²) in [7, 11) is 0. The molecule has 5 heterocycles. The molecule has 0 spiro atoms. The molecule has 3 aliphatic rings. The molecule has 0 N–H and O–H groups in total. The average molecular weight is 508 g/mol. The Morgan fingerprint density at radius 3 is 2.58 bits per heavy atom. The van der Waals surface area contributed by atoms with Crippen molar-refractivity contribution in [2.75, 3.05) is 19.6 Å². The van der Waals surface area contributed by atoms with Crippen LogP contribution in [-0.2, 0) is 22.7 Å². The number of aryl methyl sites for hydroxylation is 1. The number of likely N-dealkylation sites (tertiary alicyclic amines) is 1. The maximum atomic E-state index is 13.4. The molecule has 1 aliphatic carbocycles. The molecule has 4 aromatic rings. The molecule has 0 bridgehead atoms. The molecule has 3 aromatic heterocycles. The van der Waals surface area contributed by atoms with E-state index in [0.29, 0.717) is 36.5 Å². The molecular formula is C30H29N5O3. The molecular weight excluding hydrogens is 478 g/mol. The van der Waals surface area contributed by atoms with Gasteiger partial charge in [-0.3, -0.25) is 14.0 Å². The Morgan fingerprint density at radius 2 is 1.74 bits per heavy atom. The van der Waals surface area contributed by atoms with Gasteiger partial charge in [0.05, 0.1) is 29.4 Å². The second-order valence-electron chi connectivity index (χ2n) is 10.7. The number of nitrogens with zero attached hydrogens (tertiary/aromatic N) is 5. The van der Waals surface area contributed by atoms with E-state index in [9.17, 15) is 14.4 Å². The van der Waals surface area contributed by atoms with Crippen LogP contribution in [-0.4, -0.2) is 61.0 Å². The van der Waals surface area contributed by atoms with E-state index in [-0.39, 0.29) is 24.0 Å². The predicted molar refractivity (Wildman–Crippen MR) is 145 cm³/mol. The number of fused-ring (bicyclic) bond motifs is 1. The van der Waals surface area contributed by atoms with Crippen LogP contribution in [0.4, 0.5) is 4.79 Å². The third-order valence-electron chi connectivity index (χ3n) is 8.14. The number of amides is 2. The molecule has 1 fully saturated rings. The van der Waals surface area contributed by atoms with Gasteiger partial charge in [-0.2, -0.15) is 0 Å². The summed E-state index contributed by atoms with van der Waals surface area (Å²) in [4.78, 5) is 48.4. The first-order valence-corrected chi connectivity index (χ1v) is 13.4. The topological polar surface area (TPSA) is 79.9 Å². The summed E-state index contributed by atoms with van der Waals surface area (Å²) in [6, 6.07) is 10.0. The van der Waals surface area contributed by atoms with Gasteiger partial charge in [-0.25, -0.2) is 9.78 Å². The van der Waals surface area contributed by atoms with Crippen molar-refractivity contribution in [2.24, 2.45) is 0 Å². The number of imidazole rings is 1. The van der Waals surface area contributed by atoms with Crippen LogP contribution < -0.4 is 0 Å². The first-order chi connectivity index (χ1) is 18.5. The number of hydrogen-bond donors (Lipinski definition) is 0. The highest BCUT2D eigenvalue weighted by Gasteiger charge is 2.36. The second kappa shape index (κ2) is 8.68. The van der Waals surface area contributed by atoms with Crippen LogP contribution in [0.25, 0.3) is 27.7 Å². The standard InChI is InChI=1S/C30H29N5O3/c1-19-13-20-17-34(30(38)32-8-4-2-5-9-32)12-11-33-18-22(21(14-19)29(20)33)27-24(36)15-25(37)28(27)23-16-31-26-7-3-6-10-35(23)26/h3,6-7,10,13-14,16,18H,2,4-5,8-9,11-12,15,17H2,1H3. The Balaban J connectivity index is 1.37. The lowest BCUT2D eigenvalue weighted by atomic mass is 9.96. The number of urea groups is 1. The minimum absolute atomic E-state index is 0.111. The van der Waals surface area contributed by atoms with Gasteiger partial charge in [0.2, 0.25) is 0 Å². The van der Waals surface area contributed by atoms with Crippen LogP contribution >= 0.6 is 0 Å². The summed E-state index contributed by atoms with van der Waals surface area (Å²) in [6.07, 6.45) is 8.75. The van der Waals surface area contributed by atoms with E-state index in [1.54, 1.807) is 6.20 Å². The highest BCUT2D eigenvalue weighted by Crippen LogP contribution is 2.41. The van der Waals surface area contributed by atoms with Crippen molar-refractivity contribution in [3.8, 4) is 0 Å². The third-order valence-corrected chi connectivity index (χ3v) is 8.14. The zero-order chi connectivity index (χ0) is 26.0. The van der Waals surface area contributed by atoms with Crippen molar-refractivity contribution in [1.29, 1.82) is 0 Å². The zero-order valence-corrected chi connectivity index (χ0v) is 21.4. The van der Waals surface area contributed by atoms with Crippen LogP contribution in [0, 0.1) is 6.92 Å². The molecule has 38 heavy (non-hydrogen) atoms. The summed E-state index contributed by atoms with van der Waals surface area (Å²) >= 11 is 0. The number of rotatable bonds is 2. The number of aromatic nitrogens is 3. The number of carbonyl (C=O) groups is 3. The van der Waals surface area contributed by atoms with Crippen LogP contribution in [0.15, 0.2) is 48.9 Å². The molecule has 192 valence electrons. The van der Waals surface area contributed by atoms with Gasteiger partial charge in [0, 0.05) is 61.6 Å². The summed E-state index contributed by atoms with van der Waals surface area (Å²) in [5.74, 6) is -0.327. The van der Waals surface area contributed by atoms with Crippen LogP contribution in [0.1, 0.15) is 48.1 Å². The van der Waals surface area contributed by atoms with E-state index >= 15 is 0 Å². The van der Waals surface area contributed by atoms with E-state index in [1.165, 1.54) is 6.42 Å². The van der Waals surface area contributed by atoms with Crippen molar-refractivity contribution in [3.05, 3.63) is 71.3 Å². The molecule has 0 atom stereocenters. The maximum absolute atomic E-state index is 13.4. The maximum Gasteiger partial charge on any atom is 0.320 e. The van der Waals surface area contributed by atoms with E-state index in [2.05, 4.69) is 21.7 Å². The first kappa shape index (κ1) is 23.0. The fourth-order valence-corrected chi connectivity index (χ4v) is 6.42. The number of allylic oxidation sites excluding steroid dienone is 2. The first-order valence-electron chi connectivity index (χ1n) is 13.4. The Bertz CT molecular complexity index is 1680. The number of pyridine rings is 1. The van der Waals surface area contributed by atoms with Crippen molar-refractivity contribution in [2.45, 2.75) is 45.7 Å². The van der Waals surface area contributed by atoms with Gasteiger partial charge in [-0.1, -0.05) is 17.7 Å². The Kier molecular flexibility index (Phi) is 5.25. The minimum atomic E-state index is -0.171. The molecule has 8 nitrogen and oxygen atoms in total. The van der Waals surface area contributed by atoms with E-state index in [4.69, 9.17) is 0 Å². The van der Waals surface area contributed by atoms with Crippen LogP contribution in [0.5, 0.6) is 0 Å². The zero-order valence-electron chi connectivity index (χ0n) is 21.4. The number of piperidine rings is 1. The number of carbonyl (C=O) groups excluding carboxylic acids is 3. The minimum Gasteiger partial charge on any atom is -0.345 e. The van der Waals surface area contributed by atoms with Gasteiger partial charge in [-0.05, 0) is 49.9 Å². The van der Waals surface area contributed by atoms with Crippen molar-refractivity contribution < 1.29 is 14.4 Å². The van der Waals surface area contributed by atoms with Gasteiger partial charge in [0.1, 0.15) is 5.65 Å². The van der Waals surface area contributed by atoms with Crippen molar-refractivity contribution in [1.82, 2.24) is 23.8 Å². The highest BCUT2D eigenvalue weighted by molar-refractivity contribution is 6.51. The third kappa shape index (κ3) is 3.50. The lowest BCUT2D eigenvalue weighted by molar-refractivity contribution is -0.119. The largest absolute Gasteiger partial charge is 0.345 e. The molecule has 7 rings (SSSR count). The molecule has 0 saturated carbocycles. The molecule has 8 heteroatoms. The monoisotopic (exact) mass is 507 g/mol. The van der Waals surface area contributed by atoms with Crippen molar-refractivity contribution >= 4 is 45.3 Å². The normalized spacial score (nSPS) is 18.2. The quantitative estimate of drug-likeness (QED) is 0.375. The molecule has 0 radical (unpaired) electrons. The highest BCUT2D eigenvalue weighted by atomic mass is 16.2. The molecule has 0 unspecified atom stereocenters. The molecule has 2 aliphatic heterocycles. The van der Waals surface area contributed by atoms with E-state index in [0.717, 1.165) is 59.2 Å². The lowest BCUT2D eigenvalue weighted by Crippen LogP contribution is -2.45. The number of benzene rings is 1. The molecule has 1 saturated heterocycles. The van der Waals surface area contributed by atoms with Gasteiger partial charge >= 0.3 is 6.03 Å². The number of hydrogen-bond acceptors (Lipinski definition) is 4. The summed E-state index contributed by atoms with van der Waals surface area (Å²) in [5.41, 5.74) is 6.25. The fraction of sp³-hybridized carbons (Fsp3) is 0.333. The molecule has 1 aromatic carbocycles. The lowest BCUT2D eigenvalue weighted by Gasteiger charge is -2.32. The van der Waals surface area contributed by atoms with Gasteiger partial charge in [-0.15, -0.1) is 0 Å². The predicted octanol–water partition coefficient (Wildman–Crippen LogP) is 4.47. The van der Waals surface area contributed by atoms with Crippen LogP contribution in [0.3, 0.4) is 0 Å². The average Bonchev–Trinajstić information content (AvgIpc) is 3.54. The van der Waals surface area contributed by atoms with Gasteiger partial charge in [0.15, 0.2) is 11.6 Å². The Hall–Kier alpha value is -4.20. The Labute approximate surface area is 220 Å². The summed E-state index contributed by atoms with van der Waals surface area (Å²) in [6.45, 7) is 5.45. The number of ketones is 2. The fourth-order valence-electron chi connectivity index (χ4n) is 6.42. The summed E-state index contributed by atoms with van der Waals surface area (Å²) in [5, 5.41) is 0.955. The smallest absolute Gasteiger partial charge is 0.320 e. The van der Waals surface area contributed by atoms with Crippen molar-refractivity contribution in [3.63, 3.8) is 0 Å².